The summed E-state index contributed by atoms with van der Waals surface area (Å²) < 4.78 is 15.1. The van der Waals surface area contributed by atoms with Crippen LogP contribution in [0.4, 0.5) is 17.1 Å². The first-order valence-corrected chi connectivity index (χ1v) is 16.9. The molecule has 0 bridgehead atoms. The molecule has 0 N–H and O–H groups in total. The van der Waals surface area contributed by atoms with Crippen LogP contribution in [0.3, 0.4) is 0 Å². The molecule has 11 rings (SSSR count). The van der Waals surface area contributed by atoms with Gasteiger partial charge in [0.1, 0.15) is 22.3 Å². The fourth-order valence-corrected chi connectivity index (χ4v) is 7.92. The van der Waals surface area contributed by atoms with Crippen LogP contribution in [-0.2, 0) is 0 Å². The molecule has 50 heavy (non-hydrogen) atoms. The average Bonchev–Trinajstić information content (AvgIpc) is 3.84. The second kappa shape index (κ2) is 10.4. The average molecular weight is 641 g/mol. The van der Waals surface area contributed by atoms with Crippen molar-refractivity contribution in [2.45, 2.75) is 0 Å². The van der Waals surface area contributed by atoms with Crippen LogP contribution >= 0.6 is 0 Å². The van der Waals surface area contributed by atoms with Crippen molar-refractivity contribution in [1.29, 1.82) is 0 Å². The molecule has 0 aliphatic carbocycles. The quantitative estimate of drug-likeness (QED) is 0.192. The molecule has 11 aromatic rings. The number of anilines is 3. The van der Waals surface area contributed by atoms with Gasteiger partial charge in [-0.05, 0) is 95.7 Å². The third-order valence-corrected chi connectivity index (χ3v) is 10.1. The number of hydrogen-bond acceptors (Lipinski definition) is 3. The minimum atomic E-state index is 0.861. The monoisotopic (exact) mass is 640 g/mol. The van der Waals surface area contributed by atoms with Crippen molar-refractivity contribution in [3.8, 4) is 5.69 Å². The van der Waals surface area contributed by atoms with Crippen LogP contribution in [-0.4, -0.2) is 4.57 Å². The molecule has 3 heterocycles. The van der Waals surface area contributed by atoms with Crippen molar-refractivity contribution in [2.24, 2.45) is 0 Å². The van der Waals surface area contributed by atoms with Crippen LogP contribution in [0.15, 0.2) is 179 Å². The Hall–Kier alpha value is -6.78. The predicted molar refractivity (Wildman–Crippen MR) is 208 cm³/mol. The molecule has 4 heteroatoms. The lowest BCUT2D eigenvalue weighted by Gasteiger charge is -2.27. The highest BCUT2D eigenvalue weighted by Gasteiger charge is 2.22. The summed E-state index contributed by atoms with van der Waals surface area (Å²) in [7, 11) is 0. The molecule has 0 saturated heterocycles. The molecular weight excluding hydrogens is 613 g/mol. The summed E-state index contributed by atoms with van der Waals surface area (Å²) in [4.78, 5) is 2.38. The zero-order valence-corrected chi connectivity index (χ0v) is 26.9. The fraction of sp³-hybridized carbons (Fsp3) is 0. The number of fused-ring (bicyclic) bond motifs is 10. The van der Waals surface area contributed by atoms with E-state index >= 15 is 0 Å². The Morgan fingerprint density at radius 1 is 0.380 bits per heavy atom. The predicted octanol–water partition coefficient (Wildman–Crippen LogP) is 13.2. The van der Waals surface area contributed by atoms with E-state index in [0.29, 0.717) is 0 Å². The summed E-state index contributed by atoms with van der Waals surface area (Å²) in [5.41, 5.74) is 10.2. The van der Waals surface area contributed by atoms with Gasteiger partial charge in [-0.25, -0.2) is 0 Å². The molecule has 0 spiro atoms. The second-order valence-corrected chi connectivity index (χ2v) is 13.0. The topological polar surface area (TPSA) is 34.5 Å². The first-order chi connectivity index (χ1) is 24.8. The van der Waals surface area contributed by atoms with E-state index < -0.39 is 0 Å². The zero-order valence-electron chi connectivity index (χ0n) is 26.9. The van der Waals surface area contributed by atoms with Gasteiger partial charge in [0.25, 0.3) is 0 Å². The maximum atomic E-state index is 6.40. The largest absolute Gasteiger partial charge is 0.456 e. The van der Waals surface area contributed by atoms with Gasteiger partial charge in [0, 0.05) is 44.0 Å². The van der Waals surface area contributed by atoms with E-state index in [9.17, 15) is 0 Å². The first-order valence-electron chi connectivity index (χ1n) is 16.9. The van der Waals surface area contributed by atoms with Gasteiger partial charge >= 0.3 is 0 Å². The molecule has 0 aliphatic heterocycles. The Balaban J connectivity index is 1.19. The molecule has 0 radical (unpaired) electrons. The Morgan fingerprint density at radius 3 is 1.92 bits per heavy atom. The van der Waals surface area contributed by atoms with Crippen molar-refractivity contribution >= 4 is 93.5 Å². The van der Waals surface area contributed by atoms with E-state index in [2.05, 4.69) is 155 Å². The number of rotatable bonds is 4. The van der Waals surface area contributed by atoms with Crippen molar-refractivity contribution < 1.29 is 8.83 Å². The van der Waals surface area contributed by atoms with E-state index in [4.69, 9.17) is 8.83 Å². The van der Waals surface area contributed by atoms with E-state index in [-0.39, 0.29) is 0 Å². The van der Waals surface area contributed by atoms with Crippen molar-refractivity contribution in [3.05, 3.63) is 170 Å². The second-order valence-electron chi connectivity index (χ2n) is 13.0. The number of hydrogen-bond donors (Lipinski definition) is 0. The number of nitrogens with zero attached hydrogens (tertiary/aromatic N) is 2. The minimum absolute atomic E-state index is 0.861. The van der Waals surface area contributed by atoms with Crippen LogP contribution in [0.25, 0.3) is 82.1 Å². The molecule has 0 amide bonds. The zero-order chi connectivity index (χ0) is 32.8. The van der Waals surface area contributed by atoms with E-state index in [1.54, 1.807) is 0 Å². The molecule has 0 atom stereocenters. The van der Waals surface area contributed by atoms with Gasteiger partial charge < -0.3 is 18.3 Å². The minimum Gasteiger partial charge on any atom is -0.456 e. The van der Waals surface area contributed by atoms with Crippen molar-refractivity contribution in [3.63, 3.8) is 0 Å². The molecule has 0 fully saturated rings. The number of aromatic nitrogens is 1. The molecule has 3 aromatic heterocycles. The maximum Gasteiger partial charge on any atom is 0.137 e. The lowest BCUT2D eigenvalue weighted by molar-refractivity contribution is 0.669. The summed E-state index contributed by atoms with van der Waals surface area (Å²) in [6.45, 7) is 0. The molecule has 4 nitrogen and oxygen atoms in total. The SMILES string of the molecule is c1ccc(-n2c3ccccc3c3cc(N(c4ccc5cc6c(cc5c4)oc4ccccc46)c4cccc5oc6ccccc6c45)ccc32)cc1. The van der Waals surface area contributed by atoms with Gasteiger partial charge in [-0.1, -0.05) is 84.9 Å². The molecular formula is C46H28N2O2. The standard InChI is InChI=1S/C46H28N2O2/c1-2-11-31(12-3-1)48-39-16-7-4-13-34(39)37-28-33(23-24-40(37)48)47(41-17-10-20-44-46(41)36-15-6-9-19-43(36)49-44)32-22-21-29-26-38-35-14-5-8-18-42(35)50-45(38)27-30(29)25-32/h1-28H. The molecule has 0 saturated carbocycles. The van der Waals surface area contributed by atoms with Crippen molar-refractivity contribution in [2.75, 3.05) is 4.90 Å². The van der Waals surface area contributed by atoms with Crippen LogP contribution in [0.2, 0.25) is 0 Å². The summed E-state index contributed by atoms with van der Waals surface area (Å²) in [5, 5.41) is 9.14. The maximum absolute atomic E-state index is 6.40. The molecule has 234 valence electrons. The van der Waals surface area contributed by atoms with Crippen molar-refractivity contribution in [1.82, 2.24) is 4.57 Å². The Bertz CT molecular complexity index is 3110. The molecule has 8 aromatic carbocycles. The highest BCUT2D eigenvalue weighted by atomic mass is 16.3. The van der Waals surface area contributed by atoms with Crippen LogP contribution in [0.5, 0.6) is 0 Å². The van der Waals surface area contributed by atoms with Gasteiger partial charge in [0.15, 0.2) is 0 Å². The van der Waals surface area contributed by atoms with Gasteiger partial charge in [0.2, 0.25) is 0 Å². The third kappa shape index (κ3) is 3.93. The lowest BCUT2D eigenvalue weighted by Crippen LogP contribution is -2.10. The Labute approximate surface area is 286 Å². The normalized spacial score (nSPS) is 12.0. The summed E-state index contributed by atoms with van der Waals surface area (Å²) >= 11 is 0. The lowest BCUT2D eigenvalue weighted by atomic mass is 10.0. The summed E-state index contributed by atoms with van der Waals surface area (Å²) in [6, 6.07) is 60.2. The van der Waals surface area contributed by atoms with E-state index in [0.717, 1.165) is 72.0 Å². The summed E-state index contributed by atoms with van der Waals surface area (Å²) in [6.07, 6.45) is 0. The van der Waals surface area contributed by atoms with Gasteiger partial charge in [0.05, 0.1) is 22.1 Å². The Morgan fingerprint density at radius 2 is 1.04 bits per heavy atom. The fourth-order valence-electron chi connectivity index (χ4n) is 7.92. The highest BCUT2D eigenvalue weighted by molar-refractivity contribution is 6.16. The first kappa shape index (κ1) is 27.2. The molecule has 0 aliphatic rings. The number of para-hydroxylation sites is 4. The smallest absolute Gasteiger partial charge is 0.137 e. The van der Waals surface area contributed by atoms with E-state index in [1.807, 2.05) is 24.3 Å². The Kier molecular flexibility index (Phi) is 5.63. The number of benzene rings is 8. The van der Waals surface area contributed by atoms with Gasteiger partial charge in [-0.15, -0.1) is 0 Å². The number of furan rings is 2. The van der Waals surface area contributed by atoms with Gasteiger partial charge in [-0.2, -0.15) is 0 Å². The highest BCUT2D eigenvalue weighted by Crippen LogP contribution is 2.45. The van der Waals surface area contributed by atoms with Crippen LogP contribution in [0, 0.1) is 0 Å². The van der Waals surface area contributed by atoms with E-state index in [1.165, 1.54) is 27.2 Å². The molecule has 0 unspecified atom stereocenters. The van der Waals surface area contributed by atoms with Crippen LogP contribution in [0.1, 0.15) is 0 Å². The van der Waals surface area contributed by atoms with Gasteiger partial charge in [-0.3, -0.25) is 0 Å². The summed E-state index contributed by atoms with van der Waals surface area (Å²) in [5.74, 6) is 0. The third-order valence-electron chi connectivity index (χ3n) is 10.1. The van der Waals surface area contributed by atoms with Crippen LogP contribution < -0.4 is 4.90 Å².